The number of rotatable bonds is 5. The van der Waals surface area contributed by atoms with E-state index in [4.69, 9.17) is 27.9 Å². The van der Waals surface area contributed by atoms with Crippen molar-refractivity contribution in [3.8, 4) is 0 Å². The number of piperidine rings is 1. The van der Waals surface area contributed by atoms with Gasteiger partial charge in [0.1, 0.15) is 11.4 Å². The first-order valence-corrected chi connectivity index (χ1v) is 15.4. The van der Waals surface area contributed by atoms with E-state index in [1.165, 1.54) is 13.2 Å². The van der Waals surface area contributed by atoms with Crippen molar-refractivity contribution >= 4 is 46.7 Å². The second-order valence-electron chi connectivity index (χ2n) is 13.0. The first-order valence-electron chi connectivity index (χ1n) is 14.6. The van der Waals surface area contributed by atoms with Crippen LogP contribution in [0, 0.1) is 17.2 Å². The number of fused-ring (bicyclic) bond motifs is 3. The summed E-state index contributed by atoms with van der Waals surface area (Å²) in [6, 6.07) is 16.6. The van der Waals surface area contributed by atoms with Crippen molar-refractivity contribution in [2.75, 3.05) is 25.5 Å². The standard InChI is InChI=1S/C34H34Cl2FN3O4/c1-33(2,3)18-40-26-14-15-39(17-19-8-10-20(11-9-19)31(42)44-4)30(41)27(26)28(22-6-5-7-24(36)29(22)37)34(40)23-13-12-21(35)16-25(23)38-32(34)43/h5-13,16,26-28H,14-15,17-18H2,1-4H3,(H,38,43)/t26?,27-,28+,34-/m1/s1. The number of anilines is 1. The van der Waals surface area contributed by atoms with Gasteiger partial charge in [0.2, 0.25) is 11.8 Å². The van der Waals surface area contributed by atoms with Crippen molar-refractivity contribution in [1.82, 2.24) is 9.80 Å². The molecule has 3 heterocycles. The lowest BCUT2D eigenvalue weighted by atomic mass is 9.70. The normalized spacial score (nSPS) is 24.8. The summed E-state index contributed by atoms with van der Waals surface area (Å²) in [4.78, 5) is 45.0. The van der Waals surface area contributed by atoms with Crippen LogP contribution in [0.25, 0.3) is 0 Å². The molecule has 4 atom stereocenters. The Labute approximate surface area is 266 Å². The monoisotopic (exact) mass is 637 g/mol. The number of nitrogens with one attached hydrogen (secondary N) is 1. The zero-order valence-corrected chi connectivity index (χ0v) is 26.5. The topological polar surface area (TPSA) is 78.9 Å². The van der Waals surface area contributed by atoms with Gasteiger partial charge in [-0.1, -0.05) is 74.3 Å². The van der Waals surface area contributed by atoms with Crippen LogP contribution in [0.5, 0.6) is 0 Å². The highest BCUT2D eigenvalue weighted by Gasteiger charge is 2.69. The predicted octanol–water partition coefficient (Wildman–Crippen LogP) is 6.63. The van der Waals surface area contributed by atoms with Gasteiger partial charge in [0, 0.05) is 47.9 Å². The van der Waals surface area contributed by atoms with Crippen molar-refractivity contribution in [2.24, 2.45) is 11.3 Å². The van der Waals surface area contributed by atoms with Gasteiger partial charge < -0.3 is 15.0 Å². The van der Waals surface area contributed by atoms with E-state index in [0.29, 0.717) is 47.9 Å². The summed E-state index contributed by atoms with van der Waals surface area (Å²) in [7, 11) is 1.33. The molecule has 3 aliphatic heterocycles. The first kappa shape index (κ1) is 30.6. The van der Waals surface area contributed by atoms with Crippen LogP contribution < -0.4 is 5.32 Å². The summed E-state index contributed by atoms with van der Waals surface area (Å²) in [5.74, 6) is -3.14. The van der Waals surface area contributed by atoms with Gasteiger partial charge in [-0.2, -0.15) is 0 Å². The summed E-state index contributed by atoms with van der Waals surface area (Å²) < 4.78 is 20.9. The molecular weight excluding hydrogens is 604 g/mol. The maximum absolute atomic E-state index is 16.1. The molecule has 44 heavy (non-hydrogen) atoms. The van der Waals surface area contributed by atoms with Crippen molar-refractivity contribution < 1.29 is 23.5 Å². The number of ether oxygens (including phenoxy) is 1. The molecule has 3 aromatic carbocycles. The largest absolute Gasteiger partial charge is 0.465 e. The summed E-state index contributed by atoms with van der Waals surface area (Å²) in [5.41, 5.74) is 1.10. The molecule has 3 aromatic rings. The lowest BCUT2D eigenvalue weighted by Crippen LogP contribution is -2.55. The fourth-order valence-corrected chi connectivity index (χ4v) is 7.78. The van der Waals surface area contributed by atoms with Crippen LogP contribution in [0.4, 0.5) is 10.1 Å². The quantitative estimate of drug-likeness (QED) is 0.318. The van der Waals surface area contributed by atoms with Gasteiger partial charge >= 0.3 is 5.97 Å². The molecule has 0 saturated carbocycles. The van der Waals surface area contributed by atoms with Crippen LogP contribution in [0.2, 0.25) is 10.0 Å². The zero-order chi connectivity index (χ0) is 31.6. The average Bonchev–Trinajstić information content (AvgIpc) is 3.42. The third-order valence-corrected chi connectivity index (χ3v) is 9.59. The molecule has 2 fully saturated rings. The van der Waals surface area contributed by atoms with Gasteiger partial charge in [-0.25, -0.2) is 9.18 Å². The molecule has 0 aliphatic carbocycles. The van der Waals surface area contributed by atoms with Crippen molar-refractivity contribution in [1.29, 1.82) is 0 Å². The number of hydrogen-bond donors (Lipinski definition) is 1. The minimum absolute atomic E-state index is 0.0657. The Morgan fingerprint density at radius 1 is 1.09 bits per heavy atom. The number of carbonyl (C=O) groups excluding carboxylic acids is 3. The van der Waals surface area contributed by atoms with Crippen LogP contribution in [0.15, 0.2) is 60.7 Å². The Morgan fingerprint density at radius 3 is 2.50 bits per heavy atom. The molecule has 0 aromatic heterocycles. The van der Waals surface area contributed by atoms with Gasteiger partial charge in [0.05, 0.1) is 23.6 Å². The SMILES string of the molecule is COC(=O)c1ccc(CN2CCC3[C@@H](C2=O)[C@H](c2cccc(Cl)c2F)[C@]2(C(=O)Nc4cc(Cl)ccc42)N3CC(C)(C)C)cc1. The maximum atomic E-state index is 16.1. The van der Waals surface area contributed by atoms with Gasteiger partial charge in [-0.3, -0.25) is 14.5 Å². The summed E-state index contributed by atoms with van der Waals surface area (Å²) >= 11 is 12.7. The van der Waals surface area contributed by atoms with Crippen LogP contribution >= 0.6 is 23.2 Å². The zero-order valence-electron chi connectivity index (χ0n) is 25.0. The van der Waals surface area contributed by atoms with Gasteiger partial charge in [-0.15, -0.1) is 0 Å². The second-order valence-corrected chi connectivity index (χ2v) is 13.9. The van der Waals surface area contributed by atoms with E-state index in [0.717, 1.165) is 5.56 Å². The lowest BCUT2D eigenvalue weighted by molar-refractivity contribution is -0.141. The molecule has 0 bridgehead atoms. The number of halogens is 3. The van der Waals surface area contributed by atoms with Crippen molar-refractivity contribution in [2.45, 2.75) is 51.2 Å². The van der Waals surface area contributed by atoms with Crippen LogP contribution in [0.3, 0.4) is 0 Å². The molecule has 0 radical (unpaired) electrons. The van der Waals surface area contributed by atoms with Crippen LogP contribution in [0.1, 0.15) is 60.2 Å². The third kappa shape index (κ3) is 4.88. The fraction of sp³-hybridized carbons (Fsp3) is 0.382. The molecule has 7 nitrogen and oxygen atoms in total. The molecule has 1 N–H and O–H groups in total. The van der Waals surface area contributed by atoms with E-state index < -0.39 is 29.2 Å². The lowest BCUT2D eigenvalue weighted by Gasteiger charge is -2.43. The van der Waals surface area contributed by atoms with Crippen LogP contribution in [-0.2, 0) is 26.4 Å². The smallest absolute Gasteiger partial charge is 0.337 e. The summed E-state index contributed by atoms with van der Waals surface area (Å²) in [6.07, 6.45) is 0.587. The summed E-state index contributed by atoms with van der Waals surface area (Å²) in [6.45, 7) is 7.52. The number of likely N-dealkylation sites (tertiary alicyclic amines) is 2. The minimum atomic E-state index is -1.37. The predicted molar refractivity (Wildman–Crippen MR) is 167 cm³/mol. The Kier molecular flexibility index (Phi) is 7.75. The third-order valence-electron chi connectivity index (χ3n) is 9.07. The maximum Gasteiger partial charge on any atom is 0.337 e. The highest BCUT2D eigenvalue weighted by Crippen LogP contribution is 2.62. The Hall–Kier alpha value is -3.46. The molecule has 2 amide bonds. The highest BCUT2D eigenvalue weighted by atomic mass is 35.5. The molecule has 230 valence electrons. The minimum Gasteiger partial charge on any atom is -0.465 e. The fourth-order valence-electron chi connectivity index (χ4n) is 7.43. The Balaban J connectivity index is 1.50. The Morgan fingerprint density at radius 2 is 1.82 bits per heavy atom. The van der Waals surface area contributed by atoms with E-state index in [-0.39, 0.29) is 33.9 Å². The highest BCUT2D eigenvalue weighted by molar-refractivity contribution is 6.31. The molecule has 6 rings (SSSR count). The van der Waals surface area contributed by atoms with Crippen molar-refractivity contribution in [3.05, 3.63) is 98.8 Å². The van der Waals surface area contributed by atoms with E-state index in [1.54, 1.807) is 53.4 Å². The first-order chi connectivity index (χ1) is 20.9. The number of nitrogens with zero attached hydrogens (tertiary/aromatic N) is 2. The van der Waals surface area contributed by atoms with Gasteiger partial charge in [0.15, 0.2) is 0 Å². The van der Waals surface area contributed by atoms with E-state index >= 15 is 4.39 Å². The van der Waals surface area contributed by atoms with E-state index in [1.807, 2.05) is 6.07 Å². The number of amides is 2. The number of carbonyl (C=O) groups is 3. The average molecular weight is 639 g/mol. The number of hydrogen-bond acceptors (Lipinski definition) is 5. The van der Waals surface area contributed by atoms with E-state index in [9.17, 15) is 14.4 Å². The number of esters is 1. The molecular formula is C34H34Cl2FN3O4. The molecule has 10 heteroatoms. The molecule has 3 aliphatic rings. The van der Waals surface area contributed by atoms with Gasteiger partial charge in [-0.05, 0) is 53.3 Å². The second kappa shape index (κ2) is 11.2. The number of methoxy groups -OCH3 is 1. The summed E-state index contributed by atoms with van der Waals surface area (Å²) in [5, 5.41) is 3.43. The number of benzene rings is 3. The molecule has 2 saturated heterocycles. The van der Waals surface area contributed by atoms with Crippen LogP contribution in [-0.4, -0.2) is 53.8 Å². The molecule has 1 spiro atoms. The van der Waals surface area contributed by atoms with E-state index in [2.05, 4.69) is 31.0 Å². The Bertz CT molecular complexity index is 1660. The molecule has 1 unspecified atom stereocenters. The van der Waals surface area contributed by atoms with Crippen molar-refractivity contribution in [3.63, 3.8) is 0 Å². The van der Waals surface area contributed by atoms with Gasteiger partial charge in [0.25, 0.3) is 0 Å².